The van der Waals surface area contributed by atoms with Crippen LogP contribution in [0.2, 0.25) is 0 Å². The van der Waals surface area contributed by atoms with Gasteiger partial charge in [-0.25, -0.2) is 5.43 Å². The van der Waals surface area contributed by atoms with Gasteiger partial charge in [0.2, 0.25) is 0 Å². The van der Waals surface area contributed by atoms with Crippen molar-refractivity contribution in [1.29, 1.82) is 0 Å². The van der Waals surface area contributed by atoms with Gasteiger partial charge >= 0.3 is 0 Å². The van der Waals surface area contributed by atoms with E-state index in [0.29, 0.717) is 16.6 Å². The molecule has 0 fully saturated rings. The molecule has 88 valence electrons. The van der Waals surface area contributed by atoms with Gasteiger partial charge in [-0.2, -0.15) is 0 Å². The van der Waals surface area contributed by atoms with E-state index in [-0.39, 0.29) is 11.7 Å². The van der Waals surface area contributed by atoms with Crippen molar-refractivity contribution in [2.24, 2.45) is 7.05 Å². The van der Waals surface area contributed by atoms with Gasteiger partial charge in [-0.1, -0.05) is 0 Å². The lowest BCUT2D eigenvalue weighted by molar-refractivity contribution is 0.0920. The Bertz CT molecular complexity index is 648. The van der Waals surface area contributed by atoms with Crippen molar-refractivity contribution in [3.63, 3.8) is 0 Å². The minimum Gasteiger partial charge on any atom is -0.507 e. The third kappa shape index (κ3) is 1.37. The molecule has 17 heavy (non-hydrogen) atoms. The largest absolute Gasteiger partial charge is 0.507 e. The van der Waals surface area contributed by atoms with E-state index in [1.165, 1.54) is 0 Å². The zero-order valence-corrected chi connectivity index (χ0v) is 10.6. The highest BCUT2D eigenvalue weighted by molar-refractivity contribution is 9.10. The van der Waals surface area contributed by atoms with Crippen molar-refractivity contribution >= 4 is 32.7 Å². The predicted octanol–water partition coefficient (Wildman–Crippen LogP) is 1.39. The second-order valence-electron chi connectivity index (χ2n) is 4.01. The van der Waals surface area contributed by atoms with E-state index in [0.717, 1.165) is 16.6 Å². The first-order valence-electron chi connectivity index (χ1n) is 5.12. The number of phenols is 1. The van der Waals surface area contributed by atoms with Gasteiger partial charge in [0.25, 0.3) is 5.91 Å². The minimum atomic E-state index is -0.168. The second-order valence-corrected chi connectivity index (χ2v) is 4.86. The molecule has 0 saturated carbocycles. The molecule has 1 amide bonds. The first-order valence-corrected chi connectivity index (χ1v) is 5.92. The zero-order valence-electron chi connectivity index (χ0n) is 9.04. The molecule has 0 radical (unpaired) electrons. The van der Waals surface area contributed by atoms with Crippen molar-refractivity contribution < 1.29 is 9.90 Å². The molecule has 6 heteroatoms. The number of nitrogens with one attached hydrogen (secondary N) is 2. The van der Waals surface area contributed by atoms with Crippen LogP contribution in [0.1, 0.15) is 16.1 Å². The maximum Gasteiger partial charge on any atom is 0.267 e. The smallest absolute Gasteiger partial charge is 0.267 e. The number of nitrogens with zero attached hydrogens (tertiary/aromatic N) is 1. The summed E-state index contributed by atoms with van der Waals surface area (Å²) in [6, 6.07) is 3.43. The number of hydrogen-bond acceptors (Lipinski definition) is 3. The topological polar surface area (TPSA) is 66.3 Å². The molecule has 0 aliphatic carbocycles. The summed E-state index contributed by atoms with van der Waals surface area (Å²) in [7, 11) is 1.91. The fourth-order valence-corrected chi connectivity index (χ4v) is 2.56. The van der Waals surface area contributed by atoms with E-state index in [2.05, 4.69) is 26.8 Å². The molecule has 5 nitrogen and oxygen atoms in total. The number of phenolic OH excluding ortho intramolecular Hbond substituents is 1. The fraction of sp³-hybridized carbons (Fsp3) is 0.182. The van der Waals surface area contributed by atoms with Crippen LogP contribution in [0.15, 0.2) is 16.6 Å². The number of hydrogen-bond donors (Lipinski definition) is 3. The Balaban J connectivity index is 2.45. The number of carbonyl (C=O) groups is 1. The number of amides is 1. The summed E-state index contributed by atoms with van der Waals surface area (Å²) in [4.78, 5) is 11.8. The molecule has 0 atom stereocenters. The molecule has 0 saturated heterocycles. The van der Waals surface area contributed by atoms with Gasteiger partial charge in [-0.15, -0.1) is 0 Å². The number of rotatable bonds is 0. The summed E-state index contributed by atoms with van der Waals surface area (Å²) in [6.07, 6.45) is 0. The zero-order chi connectivity index (χ0) is 12.2. The standard InChI is InChI=1S/C11H10BrN3O2/c1-15-7-3-6(12)9(16)2-5(7)10-8(15)4-13-14-11(10)17/h2-3,13,16H,4H2,1H3,(H,14,17). The quantitative estimate of drug-likeness (QED) is 0.688. The number of fused-ring (bicyclic) bond motifs is 3. The molecule has 0 unspecified atom stereocenters. The molecule has 1 aromatic carbocycles. The van der Waals surface area contributed by atoms with Gasteiger partial charge in [-0.3, -0.25) is 10.2 Å². The number of carbonyl (C=O) groups excluding carboxylic acids is 1. The highest BCUT2D eigenvalue weighted by Gasteiger charge is 2.24. The van der Waals surface area contributed by atoms with E-state index in [1.54, 1.807) is 6.07 Å². The first-order chi connectivity index (χ1) is 8.09. The third-order valence-corrected chi connectivity index (χ3v) is 3.71. The monoisotopic (exact) mass is 295 g/mol. The van der Waals surface area contributed by atoms with E-state index in [4.69, 9.17) is 0 Å². The molecule has 3 rings (SSSR count). The molecule has 1 aliphatic rings. The lowest BCUT2D eigenvalue weighted by Crippen LogP contribution is -2.42. The fourth-order valence-electron chi connectivity index (χ4n) is 2.23. The number of aryl methyl sites for hydroxylation is 1. The number of hydrazine groups is 1. The van der Waals surface area contributed by atoms with Gasteiger partial charge in [0, 0.05) is 18.1 Å². The van der Waals surface area contributed by atoms with Crippen LogP contribution in [0.4, 0.5) is 0 Å². The first kappa shape index (κ1) is 10.6. The molecule has 1 aliphatic heterocycles. The Hall–Kier alpha value is -1.53. The molecule has 0 spiro atoms. The summed E-state index contributed by atoms with van der Waals surface area (Å²) in [5, 5.41) is 10.5. The SMILES string of the molecule is Cn1c2c(c3cc(O)c(Br)cc31)C(=O)NNC2. The van der Waals surface area contributed by atoms with Crippen LogP contribution in [0.5, 0.6) is 5.75 Å². The van der Waals surface area contributed by atoms with Gasteiger partial charge in [0.1, 0.15) is 5.75 Å². The van der Waals surface area contributed by atoms with Gasteiger partial charge in [0.05, 0.1) is 22.1 Å². The van der Waals surface area contributed by atoms with Gasteiger partial charge < -0.3 is 9.67 Å². The highest BCUT2D eigenvalue weighted by Crippen LogP contribution is 2.34. The maximum atomic E-state index is 11.8. The summed E-state index contributed by atoms with van der Waals surface area (Å²) in [5.41, 5.74) is 7.87. The average molecular weight is 296 g/mol. The van der Waals surface area contributed by atoms with E-state index in [1.807, 2.05) is 17.7 Å². The molecule has 2 heterocycles. The van der Waals surface area contributed by atoms with Crippen LogP contribution in [-0.4, -0.2) is 15.6 Å². The molecule has 3 N–H and O–H groups in total. The number of halogens is 1. The summed E-state index contributed by atoms with van der Waals surface area (Å²) in [6.45, 7) is 0.574. The maximum absolute atomic E-state index is 11.8. The highest BCUT2D eigenvalue weighted by atomic mass is 79.9. The summed E-state index contributed by atoms with van der Waals surface area (Å²) >= 11 is 3.28. The Kier molecular flexibility index (Phi) is 2.17. The number of aromatic hydroxyl groups is 1. The van der Waals surface area contributed by atoms with Crippen molar-refractivity contribution in [1.82, 2.24) is 15.4 Å². The lowest BCUT2D eigenvalue weighted by atomic mass is 10.1. The lowest BCUT2D eigenvalue weighted by Gasteiger charge is -2.15. The second kappa shape index (κ2) is 3.48. The minimum absolute atomic E-state index is 0.136. The van der Waals surface area contributed by atoms with Gasteiger partial charge in [0.15, 0.2) is 0 Å². The van der Waals surface area contributed by atoms with Crippen molar-refractivity contribution in [3.8, 4) is 5.75 Å². The van der Waals surface area contributed by atoms with Crippen LogP contribution in [0, 0.1) is 0 Å². The van der Waals surface area contributed by atoms with Crippen molar-refractivity contribution in [3.05, 3.63) is 27.9 Å². The van der Waals surface area contributed by atoms with E-state index < -0.39 is 0 Å². The molecule has 2 aromatic rings. The molecular weight excluding hydrogens is 286 g/mol. The van der Waals surface area contributed by atoms with Crippen molar-refractivity contribution in [2.45, 2.75) is 6.54 Å². The Morgan fingerprint density at radius 2 is 2.24 bits per heavy atom. The summed E-state index contributed by atoms with van der Waals surface area (Å²) < 4.78 is 2.58. The summed E-state index contributed by atoms with van der Waals surface area (Å²) in [5.74, 6) is -0.0317. The number of aromatic nitrogens is 1. The Labute approximate surface area is 106 Å². The predicted molar refractivity (Wildman–Crippen MR) is 66.6 cm³/mol. The normalized spacial score (nSPS) is 14.8. The molecule has 0 bridgehead atoms. The van der Waals surface area contributed by atoms with Crippen LogP contribution < -0.4 is 10.9 Å². The van der Waals surface area contributed by atoms with Crippen LogP contribution in [0.3, 0.4) is 0 Å². The van der Waals surface area contributed by atoms with Crippen LogP contribution in [0.25, 0.3) is 10.9 Å². The third-order valence-electron chi connectivity index (χ3n) is 3.07. The van der Waals surface area contributed by atoms with Gasteiger partial charge in [-0.05, 0) is 28.1 Å². The van der Waals surface area contributed by atoms with E-state index in [9.17, 15) is 9.90 Å². The molecule has 1 aromatic heterocycles. The van der Waals surface area contributed by atoms with Crippen LogP contribution >= 0.6 is 15.9 Å². The van der Waals surface area contributed by atoms with Crippen molar-refractivity contribution in [2.75, 3.05) is 0 Å². The Morgan fingerprint density at radius 1 is 1.47 bits per heavy atom. The van der Waals surface area contributed by atoms with E-state index >= 15 is 0 Å². The number of benzene rings is 1. The Morgan fingerprint density at radius 3 is 3.00 bits per heavy atom. The average Bonchev–Trinajstić information content (AvgIpc) is 2.56. The van der Waals surface area contributed by atoms with Crippen LogP contribution in [-0.2, 0) is 13.6 Å². The molecular formula is C11H10BrN3O2.